The van der Waals surface area contributed by atoms with E-state index >= 15 is 0 Å². The maximum absolute atomic E-state index is 13.7. The Morgan fingerprint density at radius 1 is 1.02 bits per heavy atom. The average Bonchev–Trinajstić information content (AvgIpc) is 3.70. The van der Waals surface area contributed by atoms with Crippen LogP contribution >= 0.6 is 0 Å². The molecule has 1 amide bonds. The normalized spacial score (nSPS) is 17.4. The maximum Gasteiger partial charge on any atom is 0.337 e. The number of ketones is 1. The molecule has 0 bridgehead atoms. The number of rotatable bonds is 9. The third kappa shape index (κ3) is 5.76. The molecule has 6 rings (SSSR count). The molecule has 0 radical (unpaired) electrons. The number of amides is 1. The third-order valence-electron chi connectivity index (χ3n) is 8.82. The molecule has 220 valence electrons. The number of carbonyl (C=O) groups is 3. The monoisotopic (exact) mass is 576 g/mol. The lowest BCUT2D eigenvalue weighted by atomic mass is 9.85. The van der Waals surface area contributed by atoms with Crippen LogP contribution in [-0.2, 0) is 28.9 Å². The van der Waals surface area contributed by atoms with Gasteiger partial charge in [-0.3, -0.25) is 9.59 Å². The SMILES string of the molecule is COC(=O)c1cccc(-c2ccc(CCC(=O)C3CC3c3ccccc3)c3c2CCN(C(=O)c2cnoc2C(C)C)C3)c1. The molecule has 7 nitrogen and oxygen atoms in total. The van der Waals surface area contributed by atoms with E-state index in [4.69, 9.17) is 9.26 Å². The molecule has 7 heteroatoms. The van der Waals surface area contributed by atoms with E-state index in [1.807, 2.05) is 55.1 Å². The standard InChI is InChI=1S/C36H36N2O5/c1-22(2)34-31(20-37-43-34)35(40)38-17-16-28-27(25-10-7-11-26(18-25)36(41)42-3)14-12-24(32(28)21-38)13-15-33(39)30-19-29(30)23-8-5-4-6-9-23/h4-12,14,18,20,22,29-30H,13,15-17,19,21H2,1-3H3. The van der Waals surface area contributed by atoms with E-state index in [0.29, 0.717) is 60.9 Å². The van der Waals surface area contributed by atoms with Crippen LogP contribution in [0.15, 0.2) is 77.4 Å². The molecule has 3 aromatic carbocycles. The van der Waals surface area contributed by atoms with Crippen LogP contribution in [-0.4, -0.2) is 41.4 Å². The van der Waals surface area contributed by atoms with Crippen LogP contribution in [0.2, 0.25) is 0 Å². The first-order valence-electron chi connectivity index (χ1n) is 15.0. The summed E-state index contributed by atoms with van der Waals surface area (Å²) in [7, 11) is 1.38. The number of carbonyl (C=O) groups excluding carboxylic acids is 3. The van der Waals surface area contributed by atoms with E-state index in [-0.39, 0.29) is 23.7 Å². The van der Waals surface area contributed by atoms with Gasteiger partial charge < -0.3 is 14.2 Å². The zero-order chi connectivity index (χ0) is 30.1. The van der Waals surface area contributed by atoms with Gasteiger partial charge in [0.2, 0.25) is 0 Å². The number of aryl methyl sites for hydroxylation is 1. The summed E-state index contributed by atoms with van der Waals surface area (Å²) in [6.07, 6.45) is 4.17. The number of esters is 1. The van der Waals surface area contributed by atoms with Gasteiger partial charge in [-0.25, -0.2) is 4.79 Å². The van der Waals surface area contributed by atoms with Crippen molar-refractivity contribution in [1.82, 2.24) is 10.1 Å². The molecular weight excluding hydrogens is 540 g/mol. The van der Waals surface area contributed by atoms with E-state index in [1.165, 1.54) is 18.9 Å². The van der Waals surface area contributed by atoms with Crippen molar-refractivity contribution in [2.75, 3.05) is 13.7 Å². The Morgan fingerprint density at radius 2 is 1.84 bits per heavy atom. The fourth-order valence-electron chi connectivity index (χ4n) is 6.41. The number of Topliss-reactive ketones (excluding diaryl/α,β-unsaturated/α-hetero) is 1. The van der Waals surface area contributed by atoms with E-state index in [0.717, 1.165) is 34.2 Å². The lowest BCUT2D eigenvalue weighted by Crippen LogP contribution is -2.37. The number of benzene rings is 3. The molecule has 2 atom stereocenters. The Morgan fingerprint density at radius 3 is 2.60 bits per heavy atom. The van der Waals surface area contributed by atoms with Gasteiger partial charge in [0.25, 0.3) is 5.91 Å². The highest BCUT2D eigenvalue weighted by Crippen LogP contribution is 2.48. The third-order valence-corrected chi connectivity index (χ3v) is 8.82. The number of ether oxygens (including phenoxy) is 1. The van der Waals surface area contributed by atoms with Crippen LogP contribution in [0.5, 0.6) is 0 Å². The van der Waals surface area contributed by atoms with Crippen molar-refractivity contribution < 1.29 is 23.6 Å². The van der Waals surface area contributed by atoms with Crippen LogP contribution < -0.4 is 0 Å². The van der Waals surface area contributed by atoms with Gasteiger partial charge in [0.05, 0.1) is 18.9 Å². The van der Waals surface area contributed by atoms with Crippen molar-refractivity contribution >= 4 is 17.7 Å². The molecule has 0 saturated heterocycles. The highest BCUT2D eigenvalue weighted by Gasteiger charge is 2.43. The minimum absolute atomic E-state index is 0.0379. The van der Waals surface area contributed by atoms with Gasteiger partial charge in [0, 0.05) is 31.3 Å². The molecule has 4 aromatic rings. The van der Waals surface area contributed by atoms with Gasteiger partial charge in [-0.2, -0.15) is 0 Å². The van der Waals surface area contributed by atoms with E-state index in [9.17, 15) is 14.4 Å². The van der Waals surface area contributed by atoms with Crippen molar-refractivity contribution in [2.45, 2.75) is 57.9 Å². The molecule has 0 spiro atoms. The molecule has 2 aliphatic rings. The predicted molar refractivity (Wildman–Crippen MR) is 163 cm³/mol. The Bertz CT molecular complexity index is 1670. The summed E-state index contributed by atoms with van der Waals surface area (Å²) in [6, 6.07) is 21.9. The predicted octanol–water partition coefficient (Wildman–Crippen LogP) is 6.76. The summed E-state index contributed by atoms with van der Waals surface area (Å²) >= 11 is 0. The van der Waals surface area contributed by atoms with Crippen molar-refractivity contribution in [3.05, 3.63) is 112 Å². The minimum Gasteiger partial charge on any atom is -0.465 e. The van der Waals surface area contributed by atoms with Crippen LogP contribution in [0.1, 0.15) is 87.3 Å². The molecule has 1 aliphatic carbocycles. The number of hydrogen-bond acceptors (Lipinski definition) is 6. The second kappa shape index (κ2) is 12.0. The molecule has 1 aromatic heterocycles. The summed E-state index contributed by atoms with van der Waals surface area (Å²) in [6.45, 7) is 4.94. The zero-order valence-electron chi connectivity index (χ0n) is 24.8. The number of methoxy groups -OCH3 is 1. The van der Waals surface area contributed by atoms with E-state index in [1.54, 1.807) is 6.07 Å². The van der Waals surface area contributed by atoms with Crippen LogP contribution in [0.3, 0.4) is 0 Å². The molecule has 2 heterocycles. The van der Waals surface area contributed by atoms with Crippen LogP contribution in [0.4, 0.5) is 0 Å². The number of fused-ring (bicyclic) bond motifs is 1. The first-order chi connectivity index (χ1) is 20.9. The van der Waals surface area contributed by atoms with Crippen LogP contribution in [0.25, 0.3) is 11.1 Å². The first kappa shape index (κ1) is 28.6. The molecule has 1 aliphatic heterocycles. The topological polar surface area (TPSA) is 89.7 Å². The molecular formula is C36H36N2O5. The molecule has 2 unspecified atom stereocenters. The number of aromatic nitrogens is 1. The summed E-state index contributed by atoms with van der Waals surface area (Å²) in [4.78, 5) is 41.0. The highest BCUT2D eigenvalue weighted by molar-refractivity contribution is 5.95. The number of nitrogens with zero attached hydrogens (tertiary/aromatic N) is 2. The van der Waals surface area contributed by atoms with E-state index < -0.39 is 0 Å². The minimum atomic E-state index is -0.383. The lowest BCUT2D eigenvalue weighted by Gasteiger charge is -2.32. The largest absolute Gasteiger partial charge is 0.465 e. The van der Waals surface area contributed by atoms with Gasteiger partial charge in [-0.05, 0) is 70.7 Å². The quantitative estimate of drug-likeness (QED) is 0.205. The zero-order valence-corrected chi connectivity index (χ0v) is 24.8. The van der Waals surface area contributed by atoms with Gasteiger partial charge in [-0.1, -0.05) is 73.6 Å². The van der Waals surface area contributed by atoms with Crippen molar-refractivity contribution in [2.24, 2.45) is 5.92 Å². The Labute approximate surface area is 251 Å². The van der Waals surface area contributed by atoms with Gasteiger partial charge in [0.1, 0.15) is 11.3 Å². The van der Waals surface area contributed by atoms with Crippen molar-refractivity contribution in [3.8, 4) is 11.1 Å². The lowest BCUT2D eigenvalue weighted by molar-refractivity contribution is -0.120. The summed E-state index contributed by atoms with van der Waals surface area (Å²) in [5.41, 5.74) is 7.49. The smallest absolute Gasteiger partial charge is 0.337 e. The number of hydrogen-bond donors (Lipinski definition) is 0. The fourth-order valence-corrected chi connectivity index (χ4v) is 6.41. The molecule has 1 saturated carbocycles. The van der Waals surface area contributed by atoms with Crippen molar-refractivity contribution in [3.63, 3.8) is 0 Å². The Hall–Kier alpha value is -4.52. The highest BCUT2D eigenvalue weighted by atomic mass is 16.5. The van der Waals surface area contributed by atoms with Gasteiger partial charge in [-0.15, -0.1) is 0 Å². The Balaban J connectivity index is 1.29. The summed E-state index contributed by atoms with van der Waals surface area (Å²) in [5, 5.41) is 3.91. The van der Waals surface area contributed by atoms with E-state index in [2.05, 4.69) is 29.4 Å². The fraction of sp³-hybridized carbons (Fsp3) is 0.333. The first-order valence-corrected chi connectivity index (χ1v) is 15.0. The maximum atomic E-state index is 13.7. The average molecular weight is 577 g/mol. The van der Waals surface area contributed by atoms with Crippen molar-refractivity contribution in [1.29, 1.82) is 0 Å². The summed E-state index contributed by atoms with van der Waals surface area (Å²) < 4.78 is 10.4. The molecule has 43 heavy (non-hydrogen) atoms. The molecule has 0 N–H and O–H groups in total. The second-order valence-corrected chi connectivity index (χ2v) is 11.9. The van der Waals surface area contributed by atoms with Crippen LogP contribution in [0, 0.1) is 5.92 Å². The van der Waals surface area contributed by atoms with Gasteiger partial charge in [0.15, 0.2) is 5.76 Å². The summed E-state index contributed by atoms with van der Waals surface area (Å²) in [5.74, 6) is 0.847. The van der Waals surface area contributed by atoms with Gasteiger partial charge >= 0.3 is 5.97 Å². The molecule has 1 fully saturated rings. The second-order valence-electron chi connectivity index (χ2n) is 11.9. The Kier molecular flexibility index (Phi) is 7.98.